The van der Waals surface area contributed by atoms with E-state index in [-0.39, 0.29) is 11.2 Å². The van der Waals surface area contributed by atoms with Gasteiger partial charge in [-0.15, -0.1) is 0 Å². The molecule has 0 aliphatic rings. The third kappa shape index (κ3) is 6.27. The fraction of sp³-hybridized carbons (Fsp3) is 0.900. The minimum atomic E-state index is -0.423. The molecule has 2 atom stereocenters. The molecule has 14 heavy (non-hydrogen) atoms. The van der Waals surface area contributed by atoms with Crippen molar-refractivity contribution in [3.8, 4) is 0 Å². The minimum absolute atomic E-state index is 0.000283. The van der Waals surface area contributed by atoms with E-state index in [4.69, 9.17) is 0 Å². The van der Waals surface area contributed by atoms with Crippen LogP contribution in [0.5, 0.6) is 0 Å². The standard InChI is InChI=1S/C10H21NO2S/c1-7(2)5-9(12)6-11-10(13)8(3)14-4/h7-9,12H,5-6H2,1-4H3,(H,11,13). The van der Waals surface area contributed by atoms with E-state index in [0.29, 0.717) is 12.5 Å². The maximum absolute atomic E-state index is 11.3. The van der Waals surface area contributed by atoms with Crippen LogP contribution >= 0.6 is 11.8 Å². The molecule has 0 fully saturated rings. The first kappa shape index (κ1) is 13.8. The summed E-state index contributed by atoms with van der Waals surface area (Å²) in [6.45, 7) is 6.32. The smallest absolute Gasteiger partial charge is 0.232 e. The van der Waals surface area contributed by atoms with Gasteiger partial charge < -0.3 is 10.4 Å². The minimum Gasteiger partial charge on any atom is -0.391 e. The summed E-state index contributed by atoms with van der Waals surface area (Å²) in [4.78, 5) is 11.3. The maximum Gasteiger partial charge on any atom is 0.232 e. The van der Waals surface area contributed by atoms with Gasteiger partial charge in [0.2, 0.25) is 5.91 Å². The highest BCUT2D eigenvalue weighted by Crippen LogP contribution is 2.06. The highest BCUT2D eigenvalue weighted by molar-refractivity contribution is 7.99. The van der Waals surface area contributed by atoms with Crippen molar-refractivity contribution in [2.75, 3.05) is 12.8 Å². The van der Waals surface area contributed by atoms with Gasteiger partial charge in [-0.2, -0.15) is 11.8 Å². The van der Waals surface area contributed by atoms with Crippen LogP contribution < -0.4 is 5.32 Å². The number of aliphatic hydroxyl groups is 1. The summed E-state index contributed by atoms with van der Waals surface area (Å²) in [5.74, 6) is 0.459. The van der Waals surface area contributed by atoms with Crippen molar-refractivity contribution in [2.45, 2.75) is 38.5 Å². The SMILES string of the molecule is CSC(C)C(=O)NCC(O)CC(C)C. The number of rotatable bonds is 6. The number of carbonyl (C=O) groups is 1. The molecular weight excluding hydrogens is 198 g/mol. The Morgan fingerprint density at radius 3 is 2.43 bits per heavy atom. The molecule has 4 heteroatoms. The second-order valence-corrected chi connectivity index (χ2v) is 5.08. The molecule has 2 unspecified atom stereocenters. The molecule has 0 saturated carbocycles. The number of thioether (sulfide) groups is 1. The Bertz CT molecular complexity index is 174. The first-order valence-electron chi connectivity index (χ1n) is 4.96. The zero-order chi connectivity index (χ0) is 11.1. The molecule has 0 heterocycles. The van der Waals surface area contributed by atoms with Crippen LogP contribution in [0.1, 0.15) is 27.2 Å². The molecule has 0 saturated heterocycles. The third-order valence-corrected chi connectivity index (χ3v) is 2.90. The van der Waals surface area contributed by atoms with Crippen LogP contribution in [-0.4, -0.2) is 35.2 Å². The Labute approximate surface area is 90.7 Å². The Hall–Kier alpha value is -0.220. The maximum atomic E-state index is 11.3. The predicted molar refractivity (Wildman–Crippen MR) is 61.4 cm³/mol. The summed E-state index contributed by atoms with van der Waals surface area (Å²) in [6.07, 6.45) is 2.20. The van der Waals surface area contributed by atoms with Crippen molar-refractivity contribution in [1.29, 1.82) is 0 Å². The van der Waals surface area contributed by atoms with Crippen molar-refractivity contribution in [1.82, 2.24) is 5.32 Å². The topological polar surface area (TPSA) is 49.3 Å². The lowest BCUT2D eigenvalue weighted by Crippen LogP contribution is -2.37. The molecular formula is C10H21NO2S. The zero-order valence-electron chi connectivity index (χ0n) is 9.41. The fourth-order valence-corrected chi connectivity index (χ4v) is 1.39. The molecule has 0 aromatic carbocycles. The van der Waals surface area contributed by atoms with Crippen molar-refractivity contribution >= 4 is 17.7 Å². The molecule has 0 bridgehead atoms. The molecule has 84 valence electrons. The molecule has 1 amide bonds. The first-order chi connectivity index (χ1) is 6.47. The van der Waals surface area contributed by atoms with Gasteiger partial charge in [-0.3, -0.25) is 4.79 Å². The molecule has 0 aliphatic heterocycles. The Kier molecular flexibility index (Phi) is 7.01. The molecule has 3 nitrogen and oxygen atoms in total. The lowest BCUT2D eigenvalue weighted by molar-refractivity contribution is -0.120. The van der Waals surface area contributed by atoms with Crippen molar-refractivity contribution < 1.29 is 9.90 Å². The van der Waals surface area contributed by atoms with Gasteiger partial charge in [0.25, 0.3) is 0 Å². The average Bonchev–Trinajstić information content (AvgIpc) is 2.11. The summed E-state index contributed by atoms with van der Waals surface area (Å²) >= 11 is 1.50. The second kappa shape index (κ2) is 7.12. The average molecular weight is 219 g/mol. The highest BCUT2D eigenvalue weighted by atomic mass is 32.2. The van der Waals surface area contributed by atoms with Crippen LogP contribution in [0.2, 0.25) is 0 Å². The van der Waals surface area contributed by atoms with E-state index in [9.17, 15) is 9.90 Å². The molecule has 0 rings (SSSR count). The molecule has 0 spiro atoms. The van der Waals surface area contributed by atoms with Crippen molar-refractivity contribution in [3.05, 3.63) is 0 Å². The van der Waals surface area contributed by atoms with Crippen LogP contribution in [0, 0.1) is 5.92 Å². The number of hydrogen-bond donors (Lipinski definition) is 2. The monoisotopic (exact) mass is 219 g/mol. The van der Waals surface area contributed by atoms with Crippen LogP contribution in [-0.2, 0) is 4.79 Å². The largest absolute Gasteiger partial charge is 0.391 e. The normalized spacial score (nSPS) is 15.3. The number of aliphatic hydroxyl groups excluding tert-OH is 1. The summed E-state index contributed by atoms with van der Waals surface area (Å²) < 4.78 is 0. The summed E-state index contributed by atoms with van der Waals surface area (Å²) in [5, 5.41) is 12.2. The third-order valence-electron chi connectivity index (χ3n) is 1.98. The highest BCUT2D eigenvalue weighted by Gasteiger charge is 2.13. The first-order valence-corrected chi connectivity index (χ1v) is 6.24. The number of carbonyl (C=O) groups excluding carboxylic acids is 1. The van der Waals surface area contributed by atoms with E-state index in [0.717, 1.165) is 6.42 Å². The fourth-order valence-electron chi connectivity index (χ4n) is 1.10. The summed E-state index contributed by atoms with van der Waals surface area (Å²) in [6, 6.07) is 0. The lowest BCUT2D eigenvalue weighted by atomic mass is 10.1. The number of nitrogens with one attached hydrogen (secondary N) is 1. The van der Waals surface area contributed by atoms with Gasteiger partial charge in [0.1, 0.15) is 0 Å². The summed E-state index contributed by atoms with van der Waals surface area (Å²) in [5.41, 5.74) is 0. The molecule has 2 N–H and O–H groups in total. The molecule has 0 aromatic heterocycles. The van der Waals surface area contributed by atoms with E-state index in [1.165, 1.54) is 11.8 Å². The molecule has 0 aliphatic carbocycles. The van der Waals surface area contributed by atoms with Crippen LogP contribution in [0.4, 0.5) is 0 Å². The van der Waals surface area contributed by atoms with Gasteiger partial charge in [0, 0.05) is 6.54 Å². The van der Waals surface area contributed by atoms with Gasteiger partial charge in [0.15, 0.2) is 0 Å². The Balaban J connectivity index is 3.66. The Morgan fingerprint density at radius 1 is 1.43 bits per heavy atom. The van der Waals surface area contributed by atoms with E-state index < -0.39 is 6.10 Å². The van der Waals surface area contributed by atoms with Gasteiger partial charge in [0.05, 0.1) is 11.4 Å². The van der Waals surface area contributed by atoms with Gasteiger partial charge in [-0.25, -0.2) is 0 Å². The van der Waals surface area contributed by atoms with E-state index in [2.05, 4.69) is 19.2 Å². The molecule has 0 aromatic rings. The second-order valence-electron chi connectivity index (χ2n) is 3.91. The van der Waals surface area contributed by atoms with Crippen LogP contribution in [0.25, 0.3) is 0 Å². The van der Waals surface area contributed by atoms with Gasteiger partial charge in [-0.1, -0.05) is 13.8 Å². The van der Waals surface area contributed by atoms with Crippen molar-refractivity contribution in [3.63, 3.8) is 0 Å². The van der Waals surface area contributed by atoms with Gasteiger partial charge in [-0.05, 0) is 25.5 Å². The zero-order valence-corrected chi connectivity index (χ0v) is 10.2. The quantitative estimate of drug-likeness (QED) is 0.707. The van der Waals surface area contributed by atoms with Crippen molar-refractivity contribution in [2.24, 2.45) is 5.92 Å². The van der Waals surface area contributed by atoms with Gasteiger partial charge >= 0.3 is 0 Å². The number of amides is 1. The van der Waals surface area contributed by atoms with Crippen LogP contribution in [0.3, 0.4) is 0 Å². The van der Waals surface area contributed by atoms with Crippen LogP contribution in [0.15, 0.2) is 0 Å². The number of hydrogen-bond acceptors (Lipinski definition) is 3. The summed E-state index contributed by atoms with van der Waals surface area (Å²) in [7, 11) is 0. The van der Waals surface area contributed by atoms with E-state index in [1.54, 1.807) is 0 Å². The lowest BCUT2D eigenvalue weighted by Gasteiger charge is -2.15. The van der Waals surface area contributed by atoms with E-state index in [1.807, 2.05) is 13.2 Å². The Morgan fingerprint density at radius 2 is 2.00 bits per heavy atom. The molecule has 0 radical (unpaired) electrons. The predicted octanol–water partition coefficient (Wildman–Crippen LogP) is 1.26. The van der Waals surface area contributed by atoms with E-state index >= 15 is 0 Å².